The maximum absolute atomic E-state index is 11.9. The lowest BCUT2D eigenvalue weighted by Gasteiger charge is -2.26. The molecule has 11 nitrogen and oxygen atoms in total. The Kier molecular flexibility index (Phi) is 28.4. The highest BCUT2D eigenvalue weighted by Crippen LogP contribution is 2.08. The van der Waals surface area contributed by atoms with Gasteiger partial charge in [0.2, 0.25) is 29.5 Å². The molecule has 0 aromatic rings. The topological polar surface area (TPSA) is 131 Å². The van der Waals surface area contributed by atoms with Gasteiger partial charge >= 0.3 is 0 Å². The molecule has 0 radical (unpaired) electrons. The molecule has 0 aliphatic carbocycles. The van der Waals surface area contributed by atoms with Gasteiger partial charge in [-0.2, -0.15) is 0 Å². The third-order valence-corrected chi connectivity index (χ3v) is 6.14. The summed E-state index contributed by atoms with van der Waals surface area (Å²) in [5.41, 5.74) is 0. The first-order valence-corrected chi connectivity index (χ1v) is 17.1. The third-order valence-electron chi connectivity index (χ3n) is 6.14. The number of amides is 5. The van der Waals surface area contributed by atoms with Gasteiger partial charge < -0.3 is 25.8 Å². The maximum atomic E-state index is 11.9. The molecule has 0 rings (SSSR count). The Balaban J connectivity index is -0.000000605. The molecule has 0 aliphatic heterocycles. The minimum absolute atomic E-state index is 0.0457. The normalized spacial score (nSPS) is 10.9. The highest BCUT2D eigenvalue weighted by Gasteiger charge is 2.19. The minimum atomic E-state index is -0.220. The van der Waals surface area contributed by atoms with Crippen molar-refractivity contribution in [1.29, 1.82) is 0 Å². The first-order valence-electron chi connectivity index (χ1n) is 17.1. The van der Waals surface area contributed by atoms with E-state index in [-0.39, 0.29) is 42.5 Å². The molecule has 0 fully saturated rings. The smallest absolute Gasteiger partial charge is 0.239 e. The molecule has 0 aromatic heterocycles. The Labute approximate surface area is 282 Å². The van der Waals surface area contributed by atoms with Gasteiger partial charge in [-0.1, -0.05) is 83.1 Å². The van der Waals surface area contributed by atoms with E-state index in [4.69, 9.17) is 0 Å². The molecular formula is C35H72N6O5. The van der Waals surface area contributed by atoms with E-state index in [9.17, 15) is 24.0 Å². The number of carbonyl (C=O) groups excluding carboxylic acids is 5. The molecule has 5 amide bonds. The van der Waals surface area contributed by atoms with Gasteiger partial charge in [0.15, 0.2) is 0 Å². The monoisotopic (exact) mass is 657 g/mol. The van der Waals surface area contributed by atoms with Crippen LogP contribution in [0.1, 0.15) is 95.9 Å². The van der Waals surface area contributed by atoms with Gasteiger partial charge in [-0.05, 0) is 35.5 Å². The lowest BCUT2D eigenvalue weighted by atomic mass is 10.1. The van der Waals surface area contributed by atoms with Crippen molar-refractivity contribution in [3.63, 3.8) is 0 Å². The van der Waals surface area contributed by atoms with E-state index in [2.05, 4.69) is 76.2 Å². The Morgan fingerprint density at radius 3 is 1.11 bits per heavy atom. The van der Waals surface area contributed by atoms with Gasteiger partial charge in [0.1, 0.15) is 6.42 Å². The van der Waals surface area contributed by atoms with Crippen LogP contribution in [0.2, 0.25) is 0 Å². The molecule has 0 spiro atoms. The molecule has 0 heterocycles. The molecule has 0 unspecified atom stereocenters. The summed E-state index contributed by atoms with van der Waals surface area (Å²) in [7, 11) is 4.82. The van der Waals surface area contributed by atoms with E-state index in [0.717, 1.165) is 13.1 Å². The van der Waals surface area contributed by atoms with Crippen LogP contribution in [0.4, 0.5) is 0 Å². The Morgan fingerprint density at radius 2 is 0.783 bits per heavy atom. The molecule has 46 heavy (non-hydrogen) atoms. The SMILES string of the molecule is CNC(=O)CC(=O)N(CC(C)C)CC(C)C.CNC(=O)CN(CC(C)C)C(=O)CC(C)C.CNC(=O)CN(CC(C)C)CC(C)C. The number of rotatable bonds is 18. The maximum Gasteiger partial charge on any atom is 0.239 e. The van der Waals surface area contributed by atoms with Crippen LogP contribution in [-0.2, 0) is 24.0 Å². The molecule has 0 aromatic carbocycles. The van der Waals surface area contributed by atoms with Crippen LogP contribution in [0, 0.1) is 35.5 Å². The van der Waals surface area contributed by atoms with E-state index in [1.165, 1.54) is 0 Å². The van der Waals surface area contributed by atoms with Crippen molar-refractivity contribution in [3.8, 4) is 0 Å². The summed E-state index contributed by atoms with van der Waals surface area (Å²) in [5.74, 6) is 2.52. The fourth-order valence-corrected chi connectivity index (χ4v) is 4.44. The fourth-order valence-electron chi connectivity index (χ4n) is 4.44. The van der Waals surface area contributed by atoms with Crippen molar-refractivity contribution in [1.82, 2.24) is 30.7 Å². The average Bonchev–Trinajstić information content (AvgIpc) is 2.90. The molecule has 0 bridgehead atoms. The summed E-state index contributed by atoms with van der Waals surface area (Å²) in [6.45, 7) is 29.8. The number of carbonyl (C=O) groups is 5. The van der Waals surface area contributed by atoms with Gasteiger partial charge in [-0.25, -0.2) is 0 Å². The lowest BCUT2D eigenvalue weighted by Crippen LogP contribution is -2.41. The van der Waals surface area contributed by atoms with Crippen molar-refractivity contribution in [2.75, 3.05) is 67.0 Å². The largest absolute Gasteiger partial charge is 0.359 e. The zero-order valence-corrected chi connectivity index (χ0v) is 32.2. The quantitative estimate of drug-likeness (QED) is 0.192. The van der Waals surface area contributed by atoms with E-state index >= 15 is 0 Å². The zero-order chi connectivity index (χ0) is 36.6. The van der Waals surface area contributed by atoms with E-state index in [1.807, 2.05) is 27.7 Å². The first kappa shape index (κ1) is 47.7. The second-order valence-electron chi connectivity index (χ2n) is 14.5. The predicted molar refractivity (Wildman–Crippen MR) is 190 cm³/mol. The van der Waals surface area contributed by atoms with Gasteiger partial charge in [-0.15, -0.1) is 0 Å². The standard InChI is InChI=1S/2C12H24N2O2.C11H24N2O/c1-9(2)7-14(8-10(3)4)12(16)6-11(15)13-5;1-9(2)6-12(16)14(7-10(3)4)8-11(15)13-5;1-9(2)6-13(7-10(3)4)8-11(14)12-5/h2*9-10H,6-8H2,1-5H3,(H,13,15);9-10H,6-8H2,1-5H3,(H,12,14). The third kappa shape index (κ3) is 30.0. The van der Waals surface area contributed by atoms with Crippen LogP contribution >= 0.6 is 0 Å². The summed E-state index contributed by atoms with van der Waals surface area (Å²) < 4.78 is 0. The van der Waals surface area contributed by atoms with Crippen molar-refractivity contribution < 1.29 is 24.0 Å². The van der Waals surface area contributed by atoms with Crippen molar-refractivity contribution in [2.45, 2.75) is 95.9 Å². The van der Waals surface area contributed by atoms with Gasteiger partial charge in [0.25, 0.3) is 0 Å². The summed E-state index contributed by atoms with van der Waals surface area (Å²) >= 11 is 0. The summed E-state index contributed by atoms with van der Waals surface area (Å²) in [4.78, 5) is 63.0. The summed E-state index contributed by atoms with van der Waals surface area (Å²) in [5, 5.41) is 7.68. The highest BCUT2D eigenvalue weighted by molar-refractivity contribution is 5.96. The average molecular weight is 657 g/mol. The fraction of sp³-hybridized carbons (Fsp3) is 0.857. The lowest BCUT2D eigenvalue weighted by molar-refractivity contribution is -0.137. The van der Waals surface area contributed by atoms with E-state index in [1.54, 1.807) is 30.9 Å². The second-order valence-corrected chi connectivity index (χ2v) is 14.5. The second kappa shape index (κ2) is 27.4. The zero-order valence-electron chi connectivity index (χ0n) is 32.2. The molecule has 11 heteroatoms. The minimum Gasteiger partial charge on any atom is -0.359 e. The molecule has 0 saturated carbocycles. The molecule has 272 valence electrons. The molecular weight excluding hydrogens is 584 g/mol. The van der Waals surface area contributed by atoms with Crippen LogP contribution in [0.15, 0.2) is 0 Å². The molecule has 3 N–H and O–H groups in total. The number of hydrogen-bond donors (Lipinski definition) is 3. The van der Waals surface area contributed by atoms with Crippen molar-refractivity contribution in [3.05, 3.63) is 0 Å². The number of likely N-dealkylation sites (N-methyl/N-ethyl adjacent to an activating group) is 2. The van der Waals surface area contributed by atoms with Gasteiger partial charge in [-0.3, -0.25) is 28.9 Å². The highest BCUT2D eigenvalue weighted by atomic mass is 16.2. The summed E-state index contributed by atoms with van der Waals surface area (Å²) in [6.07, 6.45) is 0.458. The first-order chi connectivity index (χ1) is 21.2. The van der Waals surface area contributed by atoms with Crippen LogP contribution in [-0.4, -0.2) is 111 Å². The number of nitrogens with zero attached hydrogens (tertiary/aromatic N) is 3. The van der Waals surface area contributed by atoms with Gasteiger partial charge in [0, 0.05) is 60.3 Å². The number of nitrogens with one attached hydrogen (secondary N) is 3. The molecule has 0 aliphatic rings. The van der Waals surface area contributed by atoms with Crippen LogP contribution < -0.4 is 16.0 Å². The summed E-state index contributed by atoms with van der Waals surface area (Å²) in [6, 6.07) is 0. The van der Waals surface area contributed by atoms with E-state index < -0.39 is 0 Å². The Morgan fingerprint density at radius 1 is 0.435 bits per heavy atom. The Hall–Kier alpha value is -2.69. The van der Waals surface area contributed by atoms with Crippen molar-refractivity contribution in [2.24, 2.45) is 35.5 Å². The number of hydrogen-bond acceptors (Lipinski definition) is 6. The predicted octanol–water partition coefficient (Wildman–Crippen LogP) is 3.87. The Bertz CT molecular complexity index is 838. The van der Waals surface area contributed by atoms with Crippen LogP contribution in [0.3, 0.4) is 0 Å². The van der Waals surface area contributed by atoms with Gasteiger partial charge in [0.05, 0.1) is 13.1 Å². The van der Waals surface area contributed by atoms with Crippen LogP contribution in [0.25, 0.3) is 0 Å². The van der Waals surface area contributed by atoms with Crippen molar-refractivity contribution >= 4 is 29.5 Å². The molecule has 0 saturated heterocycles. The van der Waals surface area contributed by atoms with E-state index in [0.29, 0.717) is 68.1 Å². The van der Waals surface area contributed by atoms with Crippen LogP contribution in [0.5, 0.6) is 0 Å². The molecule has 0 atom stereocenters.